The maximum absolute atomic E-state index is 11.8. The monoisotopic (exact) mass is 688 g/mol. The molecule has 254 valence electrons. The van der Waals surface area contributed by atoms with Crippen molar-refractivity contribution < 1.29 is 9.90 Å². The Kier molecular flexibility index (Phi) is 9.86. The van der Waals surface area contributed by atoms with Crippen molar-refractivity contribution in [2.45, 2.75) is 122 Å². The Morgan fingerprint density at radius 1 is 0.918 bits per heavy atom. The number of nitrogens with zero attached hydrogens (tertiary/aromatic N) is 2. The SMILES string of the molecule is CCCCCCC1(CCCCCC)c2cc(/C=C(/C#N)C(=O)O)sc2-c2sc(-c3ccc4c(c3)C3CCCC3N4c3ccc(C)cc3)cc21. The van der Waals surface area contributed by atoms with Crippen LogP contribution in [0, 0.1) is 18.3 Å². The fourth-order valence-electron chi connectivity index (χ4n) is 8.91. The highest BCUT2D eigenvalue weighted by Crippen LogP contribution is 2.61. The zero-order valence-electron chi connectivity index (χ0n) is 29.2. The highest BCUT2D eigenvalue weighted by atomic mass is 32.1. The van der Waals surface area contributed by atoms with Crippen LogP contribution in [0.4, 0.5) is 11.4 Å². The summed E-state index contributed by atoms with van der Waals surface area (Å²) >= 11 is 3.58. The van der Waals surface area contributed by atoms with E-state index in [1.54, 1.807) is 17.4 Å². The van der Waals surface area contributed by atoms with Crippen LogP contribution in [-0.2, 0) is 10.2 Å². The van der Waals surface area contributed by atoms with E-state index in [0.29, 0.717) is 12.0 Å². The van der Waals surface area contributed by atoms with Gasteiger partial charge in [-0.15, -0.1) is 22.7 Å². The summed E-state index contributed by atoms with van der Waals surface area (Å²) in [6, 6.07) is 23.5. The third-order valence-electron chi connectivity index (χ3n) is 11.4. The first-order valence-corrected chi connectivity index (χ1v) is 20.2. The molecule has 4 nitrogen and oxygen atoms in total. The molecule has 2 aliphatic carbocycles. The summed E-state index contributed by atoms with van der Waals surface area (Å²) in [6.07, 6.45) is 17.3. The summed E-state index contributed by atoms with van der Waals surface area (Å²) in [5.41, 5.74) is 9.36. The molecule has 0 bridgehead atoms. The van der Waals surface area contributed by atoms with E-state index in [4.69, 9.17) is 0 Å². The van der Waals surface area contributed by atoms with Gasteiger partial charge in [0.25, 0.3) is 0 Å². The van der Waals surface area contributed by atoms with E-state index in [1.807, 2.05) is 17.4 Å². The number of carbonyl (C=O) groups is 1. The van der Waals surface area contributed by atoms with Gasteiger partial charge in [-0.3, -0.25) is 0 Å². The highest BCUT2D eigenvalue weighted by Gasteiger charge is 2.46. The summed E-state index contributed by atoms with van der Waals surface area (Å²) < 4.78 is 0. The molecule has 1 fully saturated rings. The van der Waals surface area contributed by atoms with E-state index in [-0.39, 0.29) is 11.0 Å². The molecule has 2 unspecified atom stereocenters. The van der Waals surface area contributed by atoms with E-state index in [9.17, 15) is 15.2 Å². The lowest BCUT2D eigenvalue weighted by Gasteiger charge is -2.31. The first-order valence-electron chi connectivity index (χ1n) is 18.5. The van der Waals surface area contributed by atoms with Crippen LogP contribution >= 0.6 is 22.7 Å². The van der Waals surface area contributed by atoms with Crippen LogP contribution in [0.5, 0.6) is 0 Å². The van der Waals surface area contributed by atoms with Crippen LogP contribution in [0.25, 0.3) is 26.3 Å². The quantitative estimate of drug-likeness (QED) is 0.0813. The molecule has 0 radical (unpaired) electrons. The van der Waals surface area contributed by atoms with Crippen LogP contribution in [0.2, 0.25) is 0 Å². The van der Waals surface area contributed by atoms with Gasteiger partial charge in [-0.05, 0) is 97.3 Å². The number of carboxylic acid groups (broad SMARTS) is 1. The lowest BCUT2D eigenvalue weighted by Crippen LogP contribution is -2.26. The summed E-state index contributed by atoms with van der Waals surface area (Å²) in [5, 5.41) is 19.2. The predicted molar refractivity (Wildman–Crippen MR) is 206 cm³/mol. The van der Waals surface area contributed by atoms with Crippen molar-refractivity contribution in [3.8, 4) is 26.3 Å². The van der Waals surface area contributed by atoms with Gasteiger partial charge in [-0.25, -0.2) is 4.79 Å². The molecule has 2 aromatic heterocycles. The fraction of sp³-hybridized carbons (Fsp3) is 0.442. The lowest BCUT2D eigenvalue weighted by atomic mass is 9.71. The smallest absolute Gasteiger partial charge is 0.346 e. The van der Waals surface area contributed by atoms with Crippen molar-refractivity contribution in [3.63, 3.8) is 0 Å². The van der Waals surface area contributed by atoms with Crippen LogP contribution in [0.3, 0.4) is 0 Å². The molecule has 2 aromatic carbocycles. The molecule has 7 rings (SSSR count). The van der Waals surface area contributed by atoms with E-state index in [1.165, 1.54) is 124 Å². The molecule has 1 aliphatic heterocycles. The summed E-state index contributed by atoms with van der Waals surface area (Å²) in [6.45, 7) is 6.70. The number of rotatable bonds is 14. The van der Waals surface area contributed by atoms with E-state index < -0.39 is 5.97 Å². The number of hydrogen-bond acceptors (Lipinski definition) is 5. The minimum Gasteiger partial charge on any atom is -0.477 e. The first-order chi connectivity index (χ1) is 23.9. The van der Waals surface area contributed by atoms with Crippen LogP contribution < -0.4 is 4.90 Å². The molecule has 6 heteroatoms. The maximum Gasteiger partial charge on any atom is 0.346 e. The minimum atomic E-state index is -1.16. The van der Waals surface area contributed by atoms with Crippen molar-refractivity contribution in [2.24, 2.45) is 0 Å². The van der Waals surface area contributed by atoms with Gasteiger partial charge >= 0.3 is 5.97 Å². The van der Waals surface area contributed by atoms with Gasteiger partial charge in [0.05, 0.1) is 0 Å². The van der Waals surface area contributed by atoms with Crippen molar-refractivity contribution in [3.05, 3.63) is 87.3 Å². The average Bonchev–Trinajstić information content (AvgIpc) is 3.92. The average molecular weight is 689 g/mol. The molecule has 0 amide bonds. The Bertz CT molecular complexity index is 1890. The van der Waals surface area contributed by atoms with Crippen molar-refractivity contribution >= 4 is 46.1 Å². The second-order valence-electron chi connectivity index (χ2n) is 14.5. The van der Waals surface area contributed by atoms with Gasteiger partial charge in [-0.2, -0.15) is 5.26 Å². The Labute approximate surface area is 300 Å². The molecule has 1 saturated carbocycles. The molecule has 0 spiro atoms. The standard InChI is InChI=1S/C43H48N2O2S2/c1-4-6-8-10-21-43(22-11-9-7-5-2)35-25-32(23-30(27-44)42(46)47)48-40(35)41-36(43)26-39(49-41)29-17-20-38-34(24-29)33-13-12-14-37(33)45(38)31-18-15-28(3)16-19-31/h15-20,23-26,33,37H,4-14,21-22H2,1-3H3,(H,46,47)/b30-23-. The Balaban J connectivity index is 1.31. The number of fused-ring (bicyclic) bond motifs is 6. The van der Waals surface area contributed by atoms with E-state index >= 15 is 0 Å². The van der Waals surface area contributed by atoms with E-state index in [0.717, 1.165) is 17.7 Å². The number of aryl methyl sites for hydroxylation is 1. The molecule has 1 N–H and O–H groups in total. The third-order valence-corrected chi connectivity index (χ3v) is 13.8. The van der Waals surface area contributed by atoms with Crippen molar-refractivity contribution in [1.29, 1.82) is 5.26 Å². The highest BCUT2D eigenvalue weighted by molar-refractivity contribution is 7.24. The number of nitriles is 1. The zero-order chi connectivity index (χ0) is 34.1. The van der Waals surface area contributed by atoms with Crippen LogP contribution in [0.15, 0.2) is 60.2 Å². The topological polar surface area (TPSA) is 64.3 Å². The molecule has 4 aromatic rings. The van der Waals surface area contributed by atoms with Gasteiger partial charge in [0, 0.05) is 48.3 Å². The molecular formula is C43H48N2O2S2. The van der Waals surface area contributed by atoms with E-state index in [2.05, 4.69) is 80.3 Å². The lowest BCUT2D eigenvalue weighted by molar-refractivity contribution is -0.132. The summed E-state index contributed by atoms with van der Waals surface area (Å²) in [4.78, 5) is 19.2. The largest absolute Gasteiger partial charge is 0.477 e. The second-order valence-corrected chi connectivity index (χ2v) is 16.6. The maximum atomic E-state index is 11.8. The minimum absolute atomic E-state index is 0.0744. The van der Waals surface area contributed by atoms with Crippen LogP contribution in [0.1, 0.15) is 130 Å². The number of unbranched alkanes of at least 4 members (excludes halogenated alkanes) is 6. The normalized spacial score (nSPS) is 18.7. The first kappa shape index (κ1) is 33.8. The predicted octanol–water partition coefficient (Wildman–Crippen LogP) is 12.8. The third kappa shape index (κ3) is 6.19. The van der Waals surface area contributed by atoms with Crippen molar-refractivity contribution in [2.75, 3.05) is 4.90 Å². The summed E-state index contributed by atoms with van der Waals surface area (Å²) in [5.74, 6) is -0.594. The Hall–Kier alpha value is -3.66. The van der Waals surface area contributed by atoms with Gasteiger partial charge < -0.3 is 10.0 Å². The van der Waals surface area contributed by atoms with Gasteiger partial charge in [-0.1, -0.05) is 95.4 Å². The zero-order valence-corrected chi connectivity index (χ0v) is 30.8. The van der Waals surface area contributed by atoms with Gasteiger partial charge in [0.15, 0.2) is 0 Å². The molecule has 49 heavy (non-hydrogen) atoms. The molecule has 3 aliphatic rings. The molecular weight excluding hydrogens is 641 g/mol. The number of carboxylic acids is 1. The molecule has 0 saturated heterocycles. The fourth-order valence-corrected chi connectivity index (χ4v) is 11.5. The number of aliphatic carboxylic acids is 1. The number of anilines is 2. The van der Waals surface area contributed by atoms with Gasteiger partial charge in [0.1, 0.15) is 11.6 Å². The van der Waals surface area contributed by atoms with Gasteiger partial charge in [0.2, 0.25) is 0 Å². The Morgan fingerprint density at radius 3 is 2.29 bits per heavy atom. The molecule has 2 atom stereocenters. The molecule has 3 heterocycles. The Morgan fingerprint density at radius 2 is 1.61 bits per heavy atom. The summed E-state index contributed by atoms with van der Waals surface area (Å²) in [7, 11) is 0. The van der Waals surface area contributed by atoms with Crippen LogP contribution in [-0.4, -0.2) is 17.1 Å². The second kappa shape index (κ2) is 14.3. The number of thiophene rings is 2. The number of benzene rings is 2. The van der Waals surface area contributed by atoms with Crippen molar-refractivity contribution in [1.82, 2.24) is 0 Å². The number of hydrogen-bond donors (Lipinski definition) is 1.